The normalized spacial score (nSPS) is 11.1. The molecule has 0 unspecified atom stereocenters. The molecule has 3 rings (SSSR count). The van der Waals surface area contributed by atoms with E-state index in [1.165, 1.54) is 25.1 Å². The SMILES string of the molecule is CC(=O)CC(=O)Cc1cc2cc3cc(O)cc(O)c3c(O)c2c(=O)o1. The predicted octanol–water partition coefficient (Wildman–Crippen LogP) is 2.15. The lowest BCUT2D eigenvalue weighted by Crippen LogP contribution is -2.10. The Bertz CT molecular complexity index is 1090. The molecule has 0 saturated heterocycles. The monoisotopic (exact) mass is 342 g/mol. The summed E-state index contributed by atoms with van der Waals surface area (Å²) in [5.41, 5.74) is -0.866. The molecule has 0 aliphatic carbocycles. The molecule has 3 N–H and O–H groups in total. The smallest absolute Gasteiger partial charge is 0.347 e. The predicted molar refractivity (Wildman–Crippen MR) is 89.0 cm³/mol. The van der Waals surface area contributed by atoms with E-state index >= 15 is 0 Å². The van der Waals surface area contributed by atoms with Crippen LogP contribution in [0, 0.1) is 0 Å². The number of Topliss-reactive ketones (excluding diaryl/α,β-unsaturated/α-hetero) is 2. The molecule has 128 valence electrons. The number of aromatic hydroxyl groups is 3. The summed E-state index contributed by atoms with van der Waals surface area (Å²) < 4.78 is 5.06. The Labute approximate surface area is 140 Å². The number of phenols is 3. The van der Waals surface area contributed by atoms with Crippen LogP contribution in [0.1, 0.15) is 19.1 Å². The van der Waals surface area contributed by atoms with E-state index in [0.29, 0.717) is 5.39 Å². The summed E-state index contributed by atoms with van der Waals surface area (Å²) in [6, 6.07) is 5.27. The van der Waals surface area contributed by atoms with E-state index in [1.54, 1.807) is 0 Å². The summed E-state index contributed by atoms with van der Waals surface area (Å²) in [5, 5.41) is 30.3. The van der Waals surface area contributed by atoms with Gasteiger partial charge in [-0.15, -0.1) is 0 Å². The number of hydrogen-bond donors (Lipinski definition) is 3. The lowest BCUT2D eigenvalue weighted by Gasteiger charge is -2.09. The molecule has 0 aliphatic rings. The van der Waals surface area contributed by atoms with Crippen LogP contribution >= 0.6 is 0 Å². The van der Waals surface area contributed by atoms with E-state index < -0.39 is 17.2 Å². The molecule has 1 aromatic heterocycles. The maximum absolute atomic E-state index is 12.2. The number of carbonyl (C=O) groups excluding carboxylic acids is 2. The van der Waals surface area contributed by atoms with Gasteiger partial charge in [0.1, 0.15) is 40.0 Å². The fraction of sp³-hybridized carbons (Fsp3) is 0.167. The van der Waals surface area contributed by atoms with Crippen LogP contribution < -0.4 is 5.63 Å². The minimum Gasteiger partial charge on any atom is -0.508 e. The van der Waals surface area contributed by atoms with Crippen LogP contribution in [0.4, 0.5) is 0 Å². The lowest BCUT2D eigenvalue weighted by atomic mass is 10.0. The third-order valence-electron chi connectivity index (χ3n) is 3.77. The van der Waals surface area contributed by atoms with Gasteiger partial charge in [-0.25, -0.2) is 4.79 Å². The maximum Gasteiger partial charge on any atom is 0.347 e. The molecule has 1 heterocycles. The topological polar surface area (TPSA) is 125 Å². The van der Waals surface area contributed by atoms with Crippen molar-refractivity contribution in [3.63, 3.8) is 0 Å². The maximum atomic E-state index is 12.2. The summed E-state index contributed by atoms with van der Waals surface area (Å²) in [6.07, 6.45) is -0.485. The third kappa shape index (κ3) is 3.03. The second-order valence-corrected chi connectivity index (χ2v) is 5.85. The molecule has 7 heteroatoms. The van der Waals surface area contributed by atoms with Gasteiger partial charge < -0.3 is 19.7 Å². The molecule has 7 nitrogen and oxygen atoms in total. The molecule has 0 radical (unpaired) electrons. The molecule has 3 aromatic rings. The van der Waals surface area contributed by atoms with E-state index in [2.05, 4.69) is 0 Å². The highest BCUT2D eigenvalue weighted by Gasteiger charge is 2.17. The number of rotatable bonds is 4. The zero-order chi connectivity index (χ0) is 18.3. The summed E-state index contributed by atoms with van der Waals surface area (Å²) in [7, 11) is 0. The highest BCUT2D eigenvalue weighted by atomic mass is 16.4. The van der Waals surface area contributed by atoms with Crippen molar-refractivity contribution in [2.24, 2.45) is 0 Å². The van der Waals surface area contributed by atoms with Crippen molar-refractivity contribution in [3.05, 3.63) is 40.4 Å². The number of fused-ring (bicyclic) bond motifs is 2. The Kier molecular flexibility index (Phi) is 3.92. The number of hydrogen-bond acceptors (Lipinski definition) is 7. The minimum atomic E-state index is -0.866. The van der Waals surface area contributed by atoms with E-state index in [-0.39, 0.29) is 52.0 Å². The summed E-state index contributed by atoms with van der Waals surface area (Å²) in [5.74, 6) is -1.68. The molecular weight excluding hydrogens is 328 g/mol. The van der Waals surface area contributed by atoms with Crippen molar-refractivity contribution in [1.82, 2.24) is 0 Å². The van der Waals surface area contributed by atoms with Crippen LogP contribution in [0.5, 0.6) is 17.2 Å². The first kappa shape index (κ1) is 16.5. The Morgan fingerprint density at radius 3 is 2.36 bits per heavy atom. The first-order valence-corrected chi connectivity index (χ1v) is 7.42. The standard InChI is InChI=1S/C18H14O7/c1-8(19)2-11(20)6-13-5-10-3-9-4-12(21)7-14(22)15(9)17(23)16(10)18(24)25-13/h3-5,7,21-23H,2,6H2,1H3. The molecule has 0 aliphatic heterocycles. The van der Waals surface area contributed by atoms with Crippen LogP contribution in [-0.4, -0.2) is 26.9 Å². The first-order chi connectivity index (χ1) is 11.8. The van der Waals surface area contributed by atoms with Crippen molar-refractivity contribution in [3.8, 4) is 17.2 Å². The van der Waals surface area contributed by atoms with Gasteiger partial charge >= 0.3 is 5.63 Å². The van der Waals surface area contributed by atoms with Gasteiger partial charge in [0.2, 0.25) is 0 Å². The molecule has 0 spiro atoms. The Morgan fingerprint density at radius 1 is 1.00 bits per heavy atom. The molecule has 0 saturated carbocycles. The van der Waals surface area contributed by atoms with Crippen molar-refractivity contribution >= 4 is 33.1 Å². The van der Waals surface area contributed by atoms with E-state index in [0.717, 1.165) is 6.07 Å². The number of phenolic OH excluding ortho intramolecular Hbond substituents is 3. The van der Waals surface area contributed by atoms with Gasteiger partial charge in [-0.1, -0.05) is 0 Å². The number of benzene rings is 2. The molecule has 0 bridgehead atoms. The molecule has 0 fully saturated rings. The van der Waals surface area contributed by atoms with Gasteiger partial charge in [0.15, 0.2) is 0 Å². The van der Waals surface area contributed by atoms with Crippen molar-refractivity contribution in [2.45, 2.75) is 19.8 Å². The largest absolute Gasteiger partial charge is 0.508 e. The van der Waals surface area contributed by atoms with Gasteiger partial charge in [-0.05, 0) is 35.9 Å². The zero-order valence-electron chi connectivity index (χ0n) is 13.2. The van der Waals surface area contributed by atoms with Crippen LogP contribution in [0.25, 0.3) is 21.5 Å². The average Bonchev–Trinajstić information content (AvgIpc) is 2.44. The Hall–Kier alpha value is -3.35. The first-order valence-electron chi connectivity index (χ1n) is 7.42. The van der Waals surface area contributed by atoms with Crippen LogP contribution in [0.3, 0.4) is 0 Å². The van der Waals surface area contributed by atoms with Crippen molar-refractivity contribution in [2.75, 3.05) is 0 Å². The number of ketones is 2. The zero-order valence-corrected chi connectivity index (χ0v) is 13.2. The minimum absolute atomic E-state index is 0.0120. The van der Waals surface area contributed by atoms with Crippen LogP contribution in [-0.2, 0) is 16.0 Å². The highest BCUT2D eigenvalue weighted by molar-refractivity contribution is 6.07. The van der Waals surface area contributed by atoms with Crippen molar-refractivity contribution in [1.29, 1.82) is 0 Å². The second kappa shape index (κ2) is 5.94. The van der Waals surface area contributed by atoms with Gasteiger partial charge in [0, 0.05) is 6.07 Å². The highest BCUT2D eigenvalue weighted by Crippen LogP contribution is 2.39. The molecule has 2 aromatic carbocycles. The number of carbonyl (C=O) groups is 2. The van der Waals surface area contributed by atoms with Crippen molar-refractivity contribution < 1.29 is 29.3 Å². The molecule has 0 atom stereocenters. The fourth-order valence-corrected chi connectivity index (χ4v) is 2.83. The average molecular weight is 342 g/mol. The second-order valence-electron chi connectivity index (χ2n) is 5.85. The van der Waals surface area contributed by atoms with Gasteiger partial charge in [-0.3, -0.25) is 9.59 Å². The third-order valence-corrected chi connectivity index (χ3v) is 3.77. The van der Waals surface area contributed by atoms with Gasteiger partial charge in [-0.2, -0.15) is 0 Å². The molecular formula is C18H14O7. The quantitative estimate of drug-likeness (QED) is 0.490. The van der Waals surface area contributed by atoms with Crippen LogP contribution in [0.2, 0.25) is 0 Å². The Balaban J connectivity index is 2.21. The van der Waals surface area contributed by atoms with Gasteiger partial charge in [0.25, 0.3) is 0 Å². The lowest BCUT2D eigenvalue weighted by molar-refractivity contribution is -0.125. The summed E-state index contributed by atoms with van der Waals surface area (Å²) >= 11 is 0. The summed E-state index contributed by atoms with van der Waals surface area (Å²) in [4.78, 5) is 34.9. The Morgan fingerprint density at radius 2 is 1.68 bits per heavy atom. The van der Waals surface area contributed by atoms with E-state index in [1.807, 2.05) is 0 Å². The molecule has 25 heavy (non-hydrogen) atoms. The fourth-order valence-electron chi connectivity index (χ4n) is 2.83. The van der Waals surface area contributed by atoms with Crippen LogP contribution in [0.15, 0.2) is 33.5 Å². The van der Waals surface area contributed by atoms with E-state index in [4.69, 9.17) is 4.42 Å². The van der Waals surface area contributed by atoms with Gasteiger partial charge in [0.05, 0.1) is 18.2 Å². The summed E-state index contributed by atoms with van der Waals surface area (Å²) in [6.45, 7) is 1.29. The van der Waals surface area contributed by atoms with E-state index in [9.17, 15) is 29.7 Å². The molecule has 0 amide bonds.